The number of aromatic hydroxyl groups is 1. The monoisotopic (exact) mass is 470 g/mol. The number of carbonyl (C=O) groups excluding carboxylic acids is 1. The second-order valence-corrected chi connectivity index (χ2v) is 9.61. The molecule has 1 aliphatic heterocycles. The van der Waals surface area contributed by atoms with Crippen LogP contribution in [0.15, 0.2) is 18.3 Å². The molecular weight excluding hydrogens is 439 g/mol. The highest BCUT2D eigenvalue weighted by molar-refractivity contribution is 6.06. The first-order valence-electron chi connectivity index (χ1n) is 11.8. The van der Waals surface area contributed by atoms with Crippen LogP contribution in [0.3, 0.4) is 0 Å². The molecule has 0 spiro atoms. The van der Waals surface area contributed by atoms with E-state index in [2.05, 4.69) is 29.3 Å². The first kappa shape index (κ1) is 22.6. The molecule has 1 aromatic carbocycles. The molecule has 10 heteroatoms. The highest BCUT2D eigenvalue weighted by atomic mass is 19.1. The van der Waals surface area contributed by atoms with Gasteiger partial charge >= 0.3 is 6.03 Å². The molecular formula is C24H31FN6O3. The van der Waals surface area contributed by atoms with Crippen molar-refractivity contribution in [3.8, 4) is 11.5 Å². The molecule has 0 bridgehead atoms. The van der Waals surface area contributed by atoms with Gasteiger partial charge in [-0.05, 0) is 52.6 Å². The summed E-state index contributed by atoms with van der Waals surface area (Å²) in [6, 6.07) is 3.17. The van der Waals surface area contributed by atoms with Crippen molar-refractivity contribution in [3.05, 3.63) is 29.7 Å². The Labute approximate surface area is 198 Å². The van der Waals surface area contributed by atoms with Crippen molar-refractivity contribution in [1.82, 2.24) is 14.9 Å². The second-order valence-electron chi connectivity index (χ2n) is 9.61. The smallest absolute Gasteiger partial charge is 0.330 e. The minimum atomic E-state index is -0.860. The van der Waals surface area contributed by atoms with Gasteiger partial charge in [-0.1, -0.05) is 0 Å². The number of nitrogens with one attached hydrogen (secondary N) is 1. The number of fused-ring (bicyclic) bond motifs is 1. The molecule has 2 N–H and O–H groups in total. The number of hydrogen-bond donors (Lipinski definition) is 2. The topological polar surface area (TPSA) is 94.1 Å². The molecule has 2 aromatic rings. The normalized spacial score (nSPS) is 22.7. The molecule has 3 aliphatic rings. The number of hydrogen-bond acceptors (Lipinski definition) is 7. The second kappa shape index (κ2) is 8.90. The van der Waals surface area contributed by atoms with Crippen molar-refractivity contribution in [3.63, 3.8) is 0 Å². The van der Waals surface area contributed by atoms with E-state index >= 15 is 0 Å². The van der Waals surface area contributed by atoms with E-state index in [4.69, 9.17) is 9.72 Å². The Morgan fingerprint density at radius 2 is 1.91 bits per heavy atom. The third kappa shape index (κ3) is 4.22. The molecule has 0 atom stereocenters. The summed E-state index contributed by atoms with van der Waals surface area (Å²) in [6.45, 7) is 0.106. The molecule has 0 saturated heterocycles. The summed E-state index contributed by atoms with van der Waals surface area (Å²) < 4.78 is 20.0. The molecule has 2 amide bonds. The Morgan fingerprint density at radius 1 is 1.18 bits per heavy atom. The quantitative estimate of drug-likeness (QED) is 0.665. The Balaban J connectivity index is 1.41. The van der Waals surface area contributed by atoms with Gasteiger partial charge in [0.15, 0.2) is 11.6 Å². The minimum Gasteiger partial charge on any atom is -0.505 e. The lowest BCUT2D eigenvalue weighted by atomic mass is 9.91. The maximum absolute atomic E-state index is 14.8. The Morgan fingerprint density at radius 3 is 2.56 bits per heavy atom. The highest BCUT2D eigenvalue weighted by Gasteiger charge is 2.43. The first-order chi connectivity index (χ1) is 16.4. The molecule has 0 unspecified atom stereocenters. The molecule has 0 radical (unpaired) electrons. The van der Waals surface area contributed by atoms with Crippen LogP contribution < -0.4 is 19.9 Å². The summed E-state index contributed by atoms with van der Waals surface area (Å²) in [7, 11) is 5.67. The lowest BCUT2D eigenvalue weighted by molar-refractivity contribution is 0.221. The fourth-order valence-electron chi connectivity index (χ4n) is 4.90. The van der Waals surface area contributed by atoms with Crippen molar-refractivity contribution >= 4 is 23.5 Å². The van der Waals surface area contributed by atoms with Crippen LogP contribution in [-0.2, 0) is 6.54 Å². The lowest BCUT2D eigenvalue weighted by Gasteiger charge is -2.37. The van der Waals surface area contributed by atoms with Gasteiger partial charge in [-0.3, -0.25) is 9.80 Å². The fraction of sp³-hybridized carbons (Fsp3) is 0.542. The number of rotatable bonds is 6. The lowest BCUT2D eigenvalue weighted by Crippen LogP contribution is -2.49. The van der Waals surface area contributed by atoms with E-state index in [9.17, 15) is 14.3 Å². The van der Waals surface area contributed by atoms with E-state index in [1.807, 2.05) is 0 Å². The number of aromatic nitrogens is 2. The van der Waals surface area contributed by atoms with Gasteiger partial charge in [-0.25, -0.2) is 14.2 Å². The van der Waals surface area contributed by atoms with Crippen molar-refractivity contribution < 1.29 is 19.0 Å². The number of urea groups is 1. The first-order valence-corrected chi connectivity index (χ1v) is 11.8. The Kier molecular flexibility index (Phi) is 5.93. The van der Waals surface area contributed by atoms with Gasteiger partial charge < -0.3 is 20.1 Å². The summed E-state index contributed by atoms with van der Waals surface area (Å²) in [5.74, 6) is -0.0586. The molecule has 182 valence electrons. The van der Waals surface area contributed by atoms with E-state index in [-0.39, 0.29) is 30.1 Å². The maximum atomic E-state index is 14.8. The van der Waals surface area contributed by atoms with Crippen LogP contribution in [0.1, 0.15) is 44.1 Å². The van der Waals surface area contributed by atoms with E-state index in [1.165, 1.54) is 24.1 Å². The number of benzene rings is 1. The Bertz CT molecular complexity index is 1080. The highest BCUT2D eigenvalue weighted by Crippen LogP contribution is 2.41. The SMILES string of the molecule is COc1cc(O)c(F)c(N2Cc3cnc(NC4CCC(N(C)C)CC4)nc3N(C3CC3)C2=O)c1. The molecule has 1 aromatic heterocycles. The van der Waals surface area contributed by atoms with E-state index in [0.29, 0.717) is 23.8 Å². The molecule has 34 heavy (non-hydrogen) atoms. The average molecular weight is 471 g/mol. The number of anilines is 3. The number of ether oxygens (including phenoxy) is 1. The van der Waals surface area contributed by atoms with Crippen LogP contribution in [0.5, 0.6) is 11.5 Å². The number of carbonyl (C=O) groups is 1. The molecule has 2 aliphatic carbocycles. The maximum Gasteiger partial charge on any atom is 0.330 e. The van der Waals surface area contributed by atoms with Crippen molar-refractivity contribution in [1.29, 1.82) is 0 Å². The number of amides is 2. The van der Waals surface area contributed by atoms with Crippen molar-refractivity contribution in [2.75, 3.05) is 36.3 Å². The summed E-state index contributed by atoms with van der Waals surface area (Å²) in [6.07, 6.45) is 7.77. The van der Waals surface area contributed by atoms with Crippen LogP contribution in [0.2, 0.25) is 0 Å². The molecule has 2 saturated carbocycles. The standard InChI is InChI=1S/C24H31FN6O3/c1-29(2)16-6-4-15(5-7-16)27-23-26-12-14-13-30(19-10-18(34-3)11-20(32)21(19)25)24(33)31(17-8-9-17)22(14)28-23/h10-12,15-17,32H,4-9,13H2,1-3H3,(H,26,27,28). The zero-order valence-electron chi connectivity index (χ0n) is 19.8. The summed E-state index contributed by atoms with van der Waals surface area (Å²) >= 11 is 0. The van der Waals surface area contributed by atoms with Crippen LogP contribution in [0.25, 0.3) is 0 Å². The van der Waals surface area contributed by atoms with Gasteiger partial charge in [0, 0.05) is 42.0 Å². The van der Waals surface area contributed by atoms with Gasteiger partial charge in [0.1, 0.15) is 11.6 Å². The number of nitrogens with zero attached hydrogens (tertiary/aromatic N) is 5. The zero-order valence-corrected chi connectivity index (χ0v) is 19.8. The number of phenols is 1. The van der Waals surface area contributed by atoms with Crippen molar-refractivity contribution in [2.45, 2.75) is 63.2 Å². The average Bonchev–Trinajstić information content (AvgIpc) is 3.66. The van der Waals surface area contributed by atoms with Crippen LogP contribution in [-0.4, -0.2) is 65.3 Å². The van der Waals surface area contributed by atoms with Gasteiger partial charge in [0.05, 0.1) is 19.3 Å². The number of halogens is 1. The molecule has 2 heterocycles. The van der Waals surface area contributed by atoms with Crippen molar-refractivity contribution in [2.24, 2.45) is 0 Å². The summed E-state index contributed by atoms with van der Waals surface area (Å²) in [5, 5.41) is 13.5. The third-order valence-electron chi connectivity index (χ3n) is 7.04. The molecule has 5 rings (SSSR count). The van der Waals surface area contributed by atoms with Gasteiger partial charge in [0.25, 0.3) is 0 Å². The van der Waals surface area contributed by atoms with E-state index in [1.54, 1.807) is 11.1 Å². The predicted octanol–water partition coefficient (Wildman–Crippen LogP) is 3.72. The minimum absolute atomic E-state index is 0.0228. The van der Waals surface area contributed by atoms with Gasteiger partial charge in [-0.15, -0.1) is 0 Å². The van der Waals surface area contributed by atoms with Gasteiger partial charge in [-0.2, -0.15) is 4.98 Å². The predicted molar refractivity (Wildman–Crippen MR) is 127 cm³/mol. The zero-order chi connectivity index (χ0) is 24.0. The molecule has 9 nitrogen and oxygen atoms in total. The van der Waals surface area contributed by atoms with E-state index < -0.39 is 11.6 Å². The van der Waals surface area contributed by atoms with Crippen LogP contribution >= 0.6 is 0 Å². The number of phenolic OH excluding ortho intramolecular Hbond substituents is 1. The summed E-state index contributed by atoms with van der Waals surface area (Å²) in [5.41, 5.74) is 0.702. The molecule has 2 fully saturated rings. The summed E-state index contributed by atoms with van der Waals surface area (Å²) in [4.78, 5) is 28.0. The van der Waals surface area contributed by atoms with Gasteiger partial charge in [0.2, 0.25) is 5.95 Å². The third-order valence-corrected chi connectivity index (χ3v) is 7.04. The van der Waals surface area contributed by atoms with Crippen LogP contribution in [0, 0.1) is 5.82 Å². The van der Waals surface area contributed by atoms with Crippen LogP contribution in [0.4, 0.5) is 26.6 Å². The largest absolute Gasteiger partial charge is 0.505 e. The van der Waals surface area contributed by atoms with E-state index in [0.717, 1.165) is 44.1 Å². The number of methoxy groups -OCH3 is 1. The Hall–Kier alpha value is -3.14. The fourth-order valence-corrected chi connectivity index (χ4v) is 4.90.